The van der Waals surface area contributed by atoms with Crippen LogP contribution in [0, 0.1) is 6.92 Å². The molecule has 32 heavy (non-hydrogen) atoms. The van der Waals surface area contributed by atoms with Crippen LogP contribution in [0.4, 0.5) is 0 Å². The van der Waals surface area contributed by atoms with Crippen LogP contribution >= 0.6 is 11.3 Å². The van der Waals surface area contributed by atoms with Gasteiger partial charge in [0, 0.05) is 11.1 Å². The summed E-state index contributed by atoms with van der Waals surface area (Å²) in [5, 5.41) is 11.5. The number of oxazole rings is 1. The van der Waals surface area contributed by atoms with E-state index in [1.807, 2.05) is 13.0 Å². The molecular formula is C23H25N3O5S. The second-order valence-corrected chi connectivity index (χ2v) is 9.53. The van der Waals surface area contributed by atoms with Crippen LogP contribution in [0.1, 0.15) is 38.0 Å². The van der Waals surface area contributed by atoms with Gasteiger partial charge >= 0.3 is 5.69 Å². The number of aliphatic hydroxyl groups is 1. The molecule has 0 fully saturated rings. The molecule has 1 aromatic carbocycles. The summed E-state index contributed by atoms with van der Waals surface area (Å²) >= 11 is 1.25. The molecule has 4 aromatic rings. The Morgan fingerprint density at radius 3 is 2.59 bits per heavy atom. The van der Waals surface area contributed by atoms with E-state index in [1.165, 1.54) is 40.0 Å². The van der Waals surface area contributed by atoms with Crippen molar-refractivity contribution in [3.63, 3.8) is 0 Å². The Morgan fingerprint density at radius 1 is 1.25 bits per heavy atom. The third kappa shape index (κ3) is 3.57. The lowest BCUT2D eigenvalue weighted by Crippen LogP contribution is -2.48. The number of methoxy groups -OCH3 is 1. The SMILES string of the molecule is COc1ccccc1C(O)Cn1c(=O)n(C(C)(C)C)c(=O)c2c(C)c(-c3ncco3)sc21. The summed E-state index contributed by atoms with van der Waals surface area (Å²) in [6.45, 7) is 7.19. The Hall–Kier alpha value is -3.17. The second-order valence-electron chi connectivity index (χ2n) is 8.54. The lowest BCUT2D eigenvalue weighted by Gasteiger charge is -2.24. The zero-order valence-corrected chi connectivity index (χ0v) is 19.4. The van der Waals surface area contributed by atoms with Gasteiger partial charge in [-0.15, -0.1) is 11.3 Å². The third-order valence-electron chi connectivity index (χ3n) is 5.36. The number of aliphatic hydroxyl groups excluding tert-OH is 1. The molecule has 1 atom stereocenters. The number of benzene rings is 1. The molecule has 9 heteroatoms. The number of aryl methyl sites for hydroxylation is 1. The maximum atomic E-state index is 13.5. The Bertz CT molecular complexity index is 1390. The number of rotatable bonds is 5. The van der Waals surface area contributed by atoms with Crippen molar-refractivity contribution in [2.45, 2.75) is 45.9 Å². The smallest absolute Gasteiger partial charge is 0.332 e. The number of nitrogens with zero attached hydrogens (tertiary/aromatic N) is 3. The van der Waals surface area contributed by atoms with E-state index < -0.39 is 17.3 Å². The summed E-state index contributed by atoms with van der Waals surface area (Å²) in [7, 11) is 1.53. The highest BCUT2D eigenvalue weighted by molar-refractivity contribution is 7.22. The quantitative estimate of drug-likeness (QED) is 0.493. The van der Waals surface area contributed by atoms with Gasteiger partial charge in [0.05, 0.1) is 30.1 Å². The van der Waals surface area contributed by atoms with Crippen LogP contribution in [0.25, 0.3) is 21.0 Å². The van der Waals surface area contributed by atoms with Crippen LogP contribution in [0.5, 0.6) is 5.75 Å². The summed E-state index contributed by atoms with van der Waals surface area (Å²) in [6.07, 6.45) is 1.97. The van der Waals surface area contributed by atoms with Crippen molar-refractivity contribution in [3.8, 4) is 16.5 Å². The number of hydrogen-bond acceptors (Lipinski definition) is 7. The lowest BCUT2D eigenvalue weighted by atomic mass is 10.1. The Labute approximate surface area is 188 Å². The van der Waals surface area contributed by atoms with Crippen LogP contribution in [0.2, 0.25) is 0 Å². The molecular weight excluding hydrogens is 430 g/mol. The van der Waals surface area contributed by atoms with Gasteiger partial charge in [0.2, 0.25) is 5.89 Å². The molecule has 4 rings (SSSR count). The van der Waals surface area contributed by atoms with E-state index in [9.17, 15) is 14.7 Å². The topological polar surface area (TPSA) is 99.5 Å². The number of thiophene rings is 1. The summed E-state index contributed by atoms with van der Waals surface area (Å²) in [4.78, 5) is 32.3. The highest BCUT2D eigenvalue weighted by atomic mass is 32.1. The van der Waals surface area contributed by atoms with Crippen LogP contribution in [0.15, 0.2) is 50.7 Å². The molecule has 3 aromatic heterocycles. The van der Waals surface area contributed by atoms with Crippen molar-refractivity contribution < 1.29 is 14.3 Å². The predicted molar refractivity (Wildman–Crippen MR) is 124 cm³/mol. The van der Waals surface area contributed by atoms with E-state index in [2.05, 4.69) is 4.98 Å². The first-order chi connectivity index (χ1) is 15.1. The second kappa shape index (κ2) is 8.07. The van der Waals surface area contributed by atoms with Crippen LogP contribution in [-0.4, -0.2) is 26.3 Å². The first kappa shape index (κ1) is 22.0. The van der Waals surface area contributed by atoms with E-state index in [1.54, 1.807) is 39.0 Å². The molecule has 0 saturated heterocycles. The van der Waals surface area contributed by atoms with Gasteiger partial charge in [-0.2, -0.15) is 0 Å². The fourth-order valence-electron chi connectivity index (χ4n) is 3.85. The van der Waals surface area contributed by atoms with Crippen molar-refractivity contribution >= 4 is 21.6 Å². The number of para-hydroxylation sites is 1. The number of hydrogen-bond donors (Lipinski definition) is 1. The number of fused-ring (bicyclic) bond motifs is 1. The molecule has 0 bridgehead atoms. The van der Waals surface area contributed by atoms with Gasteiger partial charge in [0.1, 0.15) is 22.9 Å². The molecule has 0 aliphatic rings. The van der Waals surface area contributed by atoms with Crippen molar-refractivity contribution in [3.05, 3.63) is 68.7 Å². The molecule has 0 spiro atoms. The average Bonchev–Trinajstić information content (AvgIpc) is 3.38. The minimum atomic E-state index is -1.02. The average molecular weight is 456 g/mol. The van der Waals surface area contributed by atoms with Crippen LogP contribution < -0.4 is 16.0 Å². The Balaban J connectivity index is 2.00. The highest BCUT2D eigenvalue weighted by Gasteiger charge is 2.28. The van der Waals surface area contributed by atoms with E-state index in [-0.39, 0.29) is 12.1 Å². The van der Waals surface area contributed by atoms with Gasteiger partial charge in [0.15, 0.2) is 0 Å². The zero-order valence-electron chi connectivity index (χ0n) is 18.6. The van der Waals surface area contributed by atoms with Crippen molar-refractivity contribution in [2.75, 3.05) is 7.11 Å². The van der Waals surface area contributed by atoms with E-state index >= 15 is 0 Å². The summed E-state index contributed by atoms with van der Waals surface area (Å²) in [6, 6.07) is 7.11. The Morgan fingerprint density at radius 2 is 1.97 bits per heavy atom. The first-order valence-corrected chi connectivity index (χ1v) is 11.0. The van der Waals surface area contributed by atoms with Gasteiger partial charge in [-0.1, -0.05) is 18.2 Å². The molecule has 0 aliphatic carbocycles. The van der Waals surface area contributed by atoms with Gasteiger partial charge in [0.25, 0.3) is 5.56 Å². The zero-order chi connectivity index (χ0) is 23.2. The lowest BCUT2D eigenvalue weighted by molar-refractivity contribution is 0.151. The maximum Gasteiger partial charge on any atom is 0.332 e. The van der Waals surface area contributed by atoms with Crippen molar-refractivity contribution in [2.24, 2.45) is 0 Å². The van der Waals surface area contributed by atoms with Crippen molar-refractivity contribution in [1.82, 2.24) is 14.1 Å². The Kier molecular flexibility index (Phi) is 5.56. The molecule has 0 saturated carbocycles. The largest absolute Gasteiger partial charge is 0.496 e. The molecule has 1 N–H and O–H groups in total. The summed E-state index contributed by atoms with van der Waals surface area (Å²) in [5.41, 5.74) is -0.353. The molecule has 0 amide bonds. The predicted octanol–water partition coefficient (Wildman–Crippen LogP) is 3.69. The minimum absolute atomic E-state index is 0.0446. The van der Waals surface area contributed by atoms with Gasteiger partial charge in [-0.05, 0) is 39.3 Å². The molecule has 0 radical (unpaired) electrons. The monoisotopic (exact) mass is 455 g/mol. The van der Waals surface area contributed by atoms with E-state index in [4.69, 9.17) is 9.15 Å². The maximum absolute atomic E-state index is 13.5. The van der Waals surface area contributed by atoms with Gasteiger partial charge in [-0.25, -0.2) is 9.78 Å². The molecule has 3 heterocycles. The van der Waals surface area contributed by atoms with E-state index in [0.717, 1.165) is 0 Å². The molecule has 1 unspecified atom stereocenters. The highest BCUT2D eigenvalue weighted by Crippen LogP contribution is 2.36. The normalized spacial score (nSPS) is 12.9. The fourth-order valence-corrected chi connectivity index (χ4v) is 5.09. The van der Waals surface area contributed by atoms with Gasteiger partial charge < -0.3 is 14.3 Å². The molecule has 0 aliphatic heterocycles. The van der Waals surface area contributed by atoms with Crippen LogP contribution in [-0.2, 0) is 12.1 Å². The summed E-state index contributed by atoms with van der Waals surface area (Å²) in [5.74, 6) is 0.908. The van der Waals surface area contributed by atoms with Gasteiger partial charge in [-0.3, -0.25) is 13.9 Å². The minimum Gasteiger partial charge on any atom is -0.496 e. The first-order valence-electron chi connectivity index (χ1n) is 10.2. The third-order valence-corrected chi connectivity index (χ3v) is 6.67. The fraction of sp³-hybridized carbons (Fsp3) is 0.348. The van der Waals surface area contributed by atoms with E-state index in [0.29, 0.717) is 37.9 Å². The molecule has 168 valence electrons. The number of aromatic nitrogens is 3. The summed E-state index contributed by atoms with van der Waals surface area (Å²) < 4.78 is 13.5. The van der Waals surface area contributed by atoms with Crippen molar-refractivity contribution in [1.29, 1.82) is 0 Å². The standard InChI is InChI=1S/C23H25N3O5S/c1-13-17-20(28)26(23(2,3)4)22(29)25(21(17)32-18(13)19-24-10-11-31-19)12-15(27)14-8-6-7-9-16(14)30-5/h6-11,15,27H,12H2,1-5H3. The van der Waals surface area contributed by atoms with Crippen LogP contribution in [0.3, 0.4) is 0 Å². The molecule has 8 nitrogen and oxygen atoms in total. The number of ether oxygens (including phenoxy) is 1.